The van der Waals surface area contributed by atoms with E-state index in [4.69, 9.17) is 5.11 Å². The van der Waals surface area contributed by atoms with Gasteiger partial charge in [-0.05, 0) is 37.5 Å². The summed E-state index contributed by atoms with van der Waals surface area (Å²) in [5, 5.41) is 11.4. The predicted octanol–water partition coefficient (Wildman–Crippen LogP) is 1.76. The molecule has 1 amide bonds. The highest BCUT2D eigenvalue weighted by Crippen LogP contribution is 2.18. The summed E-state index contributed by atoms with van der Waals surface area (Å²) >= 11 is 0. The second-order valence-electron chi connectivity index (χ2n) is 5.75. The van der Waals surface area contributed by atoms with Crippen molar-refractivity contribution in [2.24, 2.45) is 0 Å². The van der Waals surface area contributed by atoms with Crippen LogP contribution in [0.15, 0.2) is 29.2 Å². The molecule has 1 atom stereocenters. The lowest BCUT2D eigenvalue weighted by atomic mass is 10.1. The number of rotatable bonds is 9. The molecule has 0 bridgehead atoms. The van der Waals surface area contributed by atoms with E-state index in [0.717, 1.165) is 9.87 Å². The van der Waals surface area contributed by atoms with Gasteiger partial charge >= 0.3 is 5.97 Å². The van der Waals surface area contributed by atoms with Gasteiger partial charge < -0.3 is 10.4 Å². The molecule has 134 valence electrons. The molecule has 0 aliphatic heterocycles. The van der Waals surface area contributed by atoms with E-state index in [1.165, 1.54) is 26.2 Å². The zero-order chi connectivity index (χ0) is 18.3. The molecule has 24 heavy (non-hydrogen) atoms. The van der Waals surface area contributed by atoms with Crippen molar-refractivity contribution < 1.29 is 23.1 Å². The van der Waals surface area contributed by atoms with Crippen molar-refractivity contribution in [2.45, 2.75) is 43.5 Å². The van der Waals surface area contributed by atoms with Gasteiger partial charge in [0.15, 0.2) is 0 Å². The molecule has 1 aromatic rings. The van der Waals surface area contributed by atoms with Crippen molar-refractivity contribution >= 4 is 21.9 Å². The summed E-state index contributed by atoms with van der Waals surface area (Å²) in [7, 11) is -0.529. The van der Waals surface area contributed by atoms with Crippen molar-refractivity contribution in [3.05, 3.63) is 29.8 Å². The summed E-state index contributed by atoms with van der Waals surface area (Å²) in [6.45, 7) is 1.81. The summed E-state index contributed by atoms with van der Waals surface area (Å²) in [6, 6.07) is 6.12. The Bertz CT molecular complexity index is 668. The van der Waals surface area contributed by atoms with Crippen LogP contribution in [0.5, 0.6) is 0 Å². The molecule has 1 aromatic carbocycles. The third-order valence-corrected chi connectivity index (χ3v) is 5.41. The zero-order valence-electron chi connectivity index (χ0n) is 14.2. The minimum Gasteiger partial charge on any atom is -0.481 e. The number of carboxylic acid groups (broad SMARTS) is 1. The molecule has 0 aromatic heterocycles. The second-order valence-corrected chi connectivity index (χ2v) is 7.90. The van der Waals surface area contributed by atoms with Crippen molar-refractivity contribution in [3.8, 4) is 0 Å². The van der Waals surface area contributed by atoms with E-state index in [0.29, 0.717) is 12.8 Å². The fourth-order valence-corrected chi connectivity index (χ4v) is 3.00. The third kappa shape index (κ3) is 5.93. The van der Waals surface area contributed by atoms with Crippen LogP contribution >= 0.6 is 0 Å². The zero-order valence-corrected chi connectivity index (χ0v) is 15.0. The van der Waals surface area contributed by atoms with E-state index in [2.05, 4.69) is 5.32 Å². The van der Waals surface area contributed by atoms with Crippen LogP contribution in [-0.2, 0) is 19.6 Å². The topological polar surface area (TPSA) is 104 Å². The highest BCUT2D eigenvalue weighted by Gasteiger charge is 2.17. The minimum absolute atomic E-state index is 0.0602. The first kappa shape index (κ1) is 20.1. The number of aliphatic carboxylic acids is 1. The lowest BCUT2D eigenvalue weighted by Crippen LogP contribution is -2.26. The monoisotopic (exact) mass is 356 g/mol. The number of nitrogens with zero attached hydrogens (tertiary/aromatic N) is 1. The van der Waals surface area contributed by atoms with E-state index in [1.807, 2.05) is 6.92 Å². The Morgan fingerprint density at radius 1 is 1.12 bits per heavy atom. The van der Waals surface area contributed by atoms with Crippen molar-refractivity contribution in [1.29, 1.82) is 0 Å². The van der Waals surface area contributed by atoms with Crippen LogP contribution < -0.4 is 5.32 Å². The van der Waals surface area contributed by atoms with Gasteiger partial charge in [0.2, 0.25) is 15.9 Å². The summed E-state index contributed by atoms with van der Waals surface area (Å²) in [6.07, 6.45) is 1.31. The maximum Gasteiger partial charge on any atom is 0.303 e. The van der Waals surface area contributed by atoms with Crippen LogP contribution in [0.2, 0.25) is 0 Å². The quantitative estimate of drug-likeness (QED) is 0.656. The fourth-order valence-electron chi connectivity index (χ4n) is 2.10. The Morgan fingerprint density at radius 3 is 2.17 bits per heavy atom. The largest absolute Gasteiger partial charge is 0.481 e. The van der Waals surface area contributed by atoms with Gasteiger partial charge in [-0.15, -0.1) is 0 Å². The maximum atomic E-state index is 12.0. The molecular weight excluding hydrogens is 332 g/mol. The molecule has 8 heteroatoms. The number of amides is 1. The van der Waals surface area contributed by atoms with Gasteiger partial charge in [-0.25, -0.2) is 12.7 Å². The van der Waals surface area contributed by atoms with Gasteiger partial charge in [-0.1, -0.05) is 12.1 Å². The standard InChI is InChI=1S/C16H24N2O5S/c1-12(17-15(19)6-4-5-7-16(20)21)13-8-10-14(11-9-13)24(22,23)18(2)3/h8-12H,4-7H2,1-3H3,(H,17,19)(H,20,21). The molecule has 0 aliphatic rings. The van der Waals surface area contributed by atoms with E-state index in [9.17, 15) is 18.0 Å². The minimum atomic E-state index is -3.47. The average Bonchev–Trinajstić information content (AvgIpc) is 2.51. The van der Waals surface area contributed by atoms with E-state index in [1.54, 1.807) is 12.1 Å². The Kier molecular flexibility index (Phi) is 7.37. The molecule has 0 aliphatic carbocycles. The first-order valence-electron chi connectivity index (χ1n) is 7.68. The highest BCUT2D eigenvalue weighted by molar-refractivity contribution is 7.89. The predicted molar refractivity (Wildman–Crippen MR) is 90.0 cm³/mol. The Hall–Kier alpha value is -1.93. The van der Waals surface area contributed by atoms with Crippen LogP contribution in [0.1, 0.15) is 44.2 Å². The van der Waals surface area contributed by atoms with Crippen molar-refractivity contribution in [3.63, 3.8) is 0 Å². The average molecular weight is 356 g/mol. The molecule has 1 rings (SSSR count). The number of benzene rings is 1. The number of hydrogen-bond acceptors (Lipinski definition) is 4. The molecule has 1 unspecified atom stereocenters. The number of nitrogens with one attached hydrogen (secondary N) is 1. The van der Waals surface area contributed by atoms with Crippen LogP contribution in [0.3, 0.4) is 0 Å². The lowest BCUT2D eigenvalue weighted by molar-refractivity contribution is -0.137. The van der Waals surface area contributed by atoms with Crippen LogP contribution in [0, 0.1) is 0 Å². The highest BCUT2D eigenvalue weighted by atomic mass is 32.2. The number of carbonyl (C=O) groups is 2. The number of sulfonamides is 1. The Balaban J connectivity index is 2.58. The molecular formula is C16H24N2O5S. The van der Waals surface area contributed by atoms with Crippen LogP contribution in [0.4, 0.5) is 0 Å². The third-order valence-electron chi connectivity index (χ3n) is 3.58. The lowest BCUT2D eigenvalue weighted by Gasteiger charge is -2.16. The van der Waals surface area contributed by atoms with Crippen LogP contribution in [-0.4, -0.2) is 43.8 Å². The summed E-state index contributed by atoms with van der Waals surface area (Å²) in [4.78, 5) is 22.4. The SMILES string of the molecule is CC(NC(=O)CCCCC(=O)O)c1ccc(S(=O)(=O)N(C)C)cc1. The smallest absolute Gasteiger partial charge is 0.303 e. The van der Waals surface area contributed by atoms with E-state index in [-0.39, 0.29) is 29.7 Å². The summed E-state index contributed by atoms with van der Waals surface area (Å²) in [5.41, 5.74) is 0.798. The first-order valence-corrected chi connectivity index (χ1v) is 9.12. The molecule has 0 heterocycles. The number of carboxylic acids is 1. The molecule has 0 spiro atoms. The number of hydrogen-bond donors (Lipinski definition) is 2. The molecule has 7 nitrogen and oxygen atoms in total. The molecule has 2 N–H and O–H groups in total. The number of carbonyl (C=O) groups excluding carboxylic acids is 1. The molecule has 0 saturated heterocycles. The van der Waals surface area contributed by atoms with Gasteiger partial charge in [0.05, 0.1) is 10.9 Å². The summed E-state index contributed by atoms with van der Waals surface area (Å²) in [5.74, 6) is -1.02. The fraction of sp³-hybridized carbons (Fsp3) is 0.500. The number of unbranched alkanes of at least 4 members (excludes halogenated alkanes) is 1. The van der Waals surface area contributed by atoms with Gasteiger partial charge in [-0.3, -0.25) is 9.59 Å². The van der Waals surface area contributed by atoms with E-state index >= 15 is 0 Å². The maximum absolute atomic E-state index is 12.0. The van der Waals surface area contributed by atoms with Gasteiger partial charge in [0.1, 0.15) is 0 Å². The van der Waals surface area contributed by atoms with Gasteiger partial charge in [0.25, 0.3) is 0 Å². The van der Waals surface area contributed by atoms with Crippen molar-refractivity contribution in [2.75, 3.05) is 14.1 Å². The Labute approximate surface area is 142 Å². The second kappa shape index (κ2) is 8.79. The van der Waals surface area contributed by atoms with E-state index < -0.39 is 16.0 Å². The Morgan fingerprint density at radius 2 is 1.67 bits per heavy atom. The summed E-state index contributed by atoms with van der Waals surface area (Å²) < 4.78 is 25.1. The van der Waals surface area contributed by atoms with Crippen molar-refractivity contribution in [1.82, 2.24) is 9.62 Å². The molecule has 0 saturated carbocycles. The molecule has 0 radical (unpaired) electrons. The molecule has 0 fully saturated rings. The van der Waals surface area contributed by atoms with Crippen LogP contribution in [0.25, 0.3) is 0 Å². The first-order chi connectivity index (χ1) is 11.1. The normalized spacial score (nSPS) is 12.8. The van der Waals surface area contributed by atoms with Gasteiger partial charge in [0, 0.05) is 26.9 Å². The van der Waals surface area contributed by atoms with Gasteiger partial charge in [-0.2, -0.15) is 0 Å².